The Morgan fingerprint density at radius 1 is 1.22 bits per heavy atom. The topological polar surface area (TPSA) is 59.9 Å². The molecule has 1 aromatic heterocycles. The van der Waals surface area contributed by atoms with E-state index in [1.807, 2.05) is 0 Å². The van der Waals surface area contributed by atoms with Crippen molar-refractivity contribution in [1.29, 1.82) is 0 Å². The van der Waals surface area contributed by atoms with Crippen LogP contribution in [0.3, 0.4) is 0 Å². The third kappa shape index (κ3) is 3.98. The highest BCUT2D eigenvalue weighted by Crippen LogP contribution is 2.26. The molecule has 1 aliphatic carbocycles. The molecule has 1 aliphatic rings. The lowest BCUT2D eigenvalue weighted by molar-refractivity contribution is 0.345. The van der Waals surface area contributed by atoms with Gasteiger partial charge in [-0.2, -0.15) is 15.0 Å². The second-order valence-electron chi connectivity index (χ2n) is 4.63. The van der Waals surface area contributed by atoms with E-state index in [0.29, 0.717) is 5.95 Å². The molecule has 1 fully saturated rings. The predicted octanol–water partition coefficient (Wildman–Crippen LogP) is 2.92. The summed E-state index contributed by atoms with van der Waals surface area (Å²) in [7, 11) is 1.51. The van der Waals surface area contributed by atoms with Gasteiger partial charge in [0.05, 0.1) is 7.11 Å². The normalized spacial score (nSPS) is 16.6. The van der Waals surface area contributed by atoms with Gasteiger partial charge in [-0.25, -0.2) is 0 Å². The summed E-state index contributed by atoms with van der Waals surface area (Å²) in [5.41, 5.74) is 0. The number of halogens is 1. The number of methoxy groups -OCH3 is 1. The molecule has 0 atom stereocenters. The van der Waals surface area contributed by atoms with Gasteiger partial charge in [0, 0.05) is 6.54 Å². The van der Waals surface area contributed by atoms with E-state index < -0.39 is 0 Å². The molecule has 0 unspecified atom stereocenters. The van der Waals surface area contributed by atoms with Gasteiger partial charge in [-0.05, 0) is 23.9 Å². The molecular formula is C12H19ClN4O. The summed E-state index contributed by atoms with van der Waals surface area (Å²) in [5.74, 6) is 1.33. The number of nitrogens with one attached hydrogen (secondary N) is 1. The molecule has 6 heteroatoms. The average Bonchev–Trinajstić information content (AvgIpc) is 2.39. The maximum atomic E-state index is 5.77. The van der Waals surface area contributed by atoms with E-state index in [-0.39, 0.29) is 11.3 Å². The molecule has 1 saturated carbocycles. The zero-order valence-corrected chi connectivity index (χ0v) is 11.4. The molecule has 0 amide bonds. The van der Waals surface area contributed by atoms with Crippen LogP contribution in [0.2, 0.25) is 5.28 Å². The first-order valence-corrected chi connectivity index (χ1v) is 6.85. The van der Waals surface area contributed by atoms with Crippen molar-refractivity contribution in [2.24, 2.45) is 5.92 Å². The number of aromatic nitrogens is 3. The smallest absolute Gasteiger partial charge is 0.322 e. The van der Waals surface area contributed by atoms with Crippen molar-refractivity contribution in [2.45, 2.75) is 38.5 Å². The third-order valence-corrected chi connectivity index (χ3v) is 3.50. The summed E-state index contributed by atoms with van der Waals surface area (Å²) in [6.07, 6.45) is 7.99. The molecule has 1 aromatic rings. The van der Waals surface area contributed by atoms with E-state index in [4.69, 9.17) is 16.3 Å². The van der Waals surface area contributed by atoms with Crippen LogP contribution in [0.4, 0.5) is 5.95 Å². The van der Waals surface area contributed by atoms with Crippen molar-refractivity contribution in [3.8, 4) is 6.01 Å². The van der Waals surface area contributed by atoms with Crippen molar-refractivity contribution in [2.75, 3.05) is 19.0 Å². The monoisotopic (exact) mass is 270 g/mol. The Balaban J connectivity index is 1.80. The second kappa shape index (κ2) is 6.73. The van der Waals surface area contributed by atoms with E-state index in [9.17, 15) is 0 Å². The van der Waals surface area contributed by atoms with E-state index in [1.54, 1.807) is 0 Å². The van der Waals surface area contributed by atoms with Crippen LogP contribution in [-0.2, 0) is 0 Å². The van der Waals surface area contributed by atoms with Crippen LogP contribution < -0.4 is 10.1 Å². The van der Waals surface area contributed by atoms with Gasteiger partial charge in [0.25, 0.3) is 0 Å². The molecular weight excluding hydrogens is 252 g/mol. The molecule has 100 valence electrons. The molecule has 0 aliphatic heterocycles. The van der Waals surface area contributed by atoms with Crippen LogP contribution in [0.15, 0.2) is 0 Å². The highest BCUT2D eigenvalue weighted by molar-refractivity contribution is 6.28. The Labute approximate surface area is 112 Å². The van der Waals surface area contributed by atoms with Gasteiger partial charge in [0.2, 0.25) is 11.2 Å². The van der Waals surface area contributed by atoms with Gasteiger partial charge in [0.1, 0.15) is 0 Å². The molecule has 18 heavy (non-hydrogen) atoms. The molecule has 1 N–H and O–H groups in total. The highest BCUT2D eigenvalue weighted by Gasteiger charge is 2.13. The van der Waals surface area contributed by atoms with Crippen molar-refractivity contribution < 1.29 is 4.74 Å². The summed E-state index contributed by atoms with van der Waals surface area (Å²) in [5, 5.41) is 3.34. The zero-order chi connectivity index (χ0) is 12.8. The van der Waals surface area contributed by atoms with Crippen molar-refractivity contribution >= 4 is 17.5 Å². The lowest BCUT2D eigenvalue weighted by atomic mass is 9.87. The molecule has 0 aromatic carbocycles. The van der Waals surface area contributed by atoms with Crippen LogP contribution >= 0.6 is 11.6 Å². The van der Waals surface area contributed by atoms with Crippen LogP contribution in [0.25, 0.3) is 0 Å². The summed E-state index contributed by atoms with van der Waals surface area (Å²) in [4.78, 5) is 11.9. The predicted molar refractivity (Wildman–Crippen MR) is 71.1 cm³/mol. The van der Waals surface area contributed by atoms with E-state index in [1.165, 1.54) is 39.2 Å². The van der Waals surface area contributed by atoms with Crippen molar-refractivity contribution in [3.05, 3.63) is 5.28 Å². The molecule has 0 radical (unpaired) electrons. The Hall–Kier alpha value is -1.10. The minimum absolute atomic E-state index is 0.155. The minimum atomic E-state index is 0.155. The molecule has 0 saturated heterocycles. The van der Waals surface area contributed by atoms with E-state index in [2.05, 4.69) is 20.3 Å². The van der Waals surface area contributed by atoms with Crippen LogP contribution in [-0.4, -0.2) is 28.6 Å². The third-order valence-electron chi connectivity index (χ3n) is 3.33. The standard InChI is InChI=1S/C12H19ClN4O/c1-18-12-16-10(13)15-11(17-12)14-8-7-9-5-3-2-4-6-9/h9H,2-8H2,1H3,(H,14,15,16,17). The van der Waals surface area contributed by atoms with E-state index in [0.717, 1.165) is 18.9 Å². The van der Waals surface area contributed by atoms with Crippen molar-refractivity contribution in [3.63, 3.8) is 0 Å². The second-order valence-corrected chi connectivity index (χ2v) is 4.97. The lowest BCUT2D eigenvalue weighted by Gasteiger charge is -2.21. The number of rotatable bonds is 5. The number of anilines is 1. The van der Waals surface area contributed by atoms with Gasteiger partial charge >= 0.3 is 6.01 Å². The fraction of sp³-hybridized carbons (Fsp3) is 0.750. The quantitative estimate of drug-likeness (QED) is 0.891. The Bertz CT molecular complexity index is 382. The largest absolute Gasteiger partial charge is 0.467 e. The number of ether oxygens (including phenoxy) is 1. The van der Waals surface area contributed by atoms with Crippen LogP contribution in [0, 0.1) is 5.92 Å². The summed E-state index contributed by atoms with van der Waals surface area (Å²) < 4.78 is 4.95. The fourth-order valence-corrected chi connectivity index (χ4v) is 2.52. The van der Waals surface area contributed by atoms with Crippen molar-refractivity contribution in [1.82, 2.24) is 15.0 Å². The Kier molecular flexibility index (Phi) is 4.99. The lowest BCUT2D eigenvalue weighted by Crippen LogP contribution is -2.13. The van der Waals surface area contributed by atoms with E-state index >= 15 is 0 Å². The van der Waals surface area contributed by atoms with Gasteiger partial charge in [0.15, 0.2) is 0 Å². The minimum Gasteiger partial charge on any atom is -0.467 e. The number of hydrogen-bond donors (Lipinski definition) is 1. The molecule has 2 rings (SSSR count). The summed E-state index contributed by atoms with van der Waals surface area (Å²) in [6.45, 7) is 0.869. The molecule has 5 nitrogen and oxygen atoms in total. The first-order chi connectivity index (χ1) is 8.78. The molecule has 1 heterocycles. The highest BCUT2D eigenvalue weighted by atomic mass is 35.5. The maximum Gasteiger partial charge on any atom is 0.322 e. The maximum absolute atomic E-state index is 5.77. The van der Waals surface area contributed by atoms with Crippen LogP contribution in [0.1, 0.15) is 38.5 Å². The Morgan fingerprint density at radius 3 is 2.72 bits per heavy atom. The number of hydrogen-bond acceptors (Lipinski definition) is 5. The van der Waals surface area contributed by atoms with Gasteiger partial charge < -0.3 is 10.1 Å². The van der Waals surface area contributed by atoms with Gasteiger partial charge in [-0.15, -0.1) is 0 Å². The van der Waals surface area contributed by atoms with Crippen LogP contribution in [0.5, 0.6) is 6.01 Å². The summed E-state index contributed by atoms with van der Waals surface area (Å²) >= 11 is 5.77. The molecule has 0 spiro atoms. The Morgan fingerprint density at radius 2 is 2.00 bits per heavy atom. The zero-order valence-electron chi connectivity index (χ0n) is 10.7. The SMILES string of the molecule is COc1nc(Cl)nc(NCCC2CCCCC2)n1. The summed E-state index contributed by atoms with van der Waals surface area (Å²) in [6, 6.07) is 0.246. The number of nitrogens with zero attached hydrogens (tertiary/aromatic N) is 3. The van der Waals surface area contributed by atoms with Gasteiger partial charge in [-0.3, -0.25) is 0 Å². The fourth-order valence-electron chi connectivity index (χ4n) is 2.37. The molecule has 0 bridgehead atoms. The van der Waals surface area contributed by atoms with Gasteiger partial charge in [-0.1, -0.05) is 32.1 Å². The first kappa shape index (κ1) is 13.3. The average molecular weight is 271 g/mol. The first-order valence-electron chi connectivity index (χ1n) is 6.47.